The molecule has 11 atom stereocenters. The molecular formula is C46H69N3O4S. The highest BCUT2D eigenvalue weighted by Crippen LogP contribution is 2.76. The summed E-state index contributed by atoms with van der Waals surface area (Å²) in [7, 11) is -1.67. The van der Waals surface area contributed by atoms with Crippen molar-refractivity contribution in [1.82, 2.24) is 14.5 Å². The van der Waals surface area contributed by atoms with E-state index in [-0.39, 0.29) is 28.4 Å². The minimum Gasteiger partial charge on any atom is -0.465 e. The number of nitrogens with zero attached hydrogens (tertiary/aromatic N) is 2. The number of piperazine rings is 1. The van der Waals surface area contributed by atoms with E-state index in [0.29, 0.717) is 58.6 Å². The summed E-state index contributed by atoms with van der Waals surface area (Å²) in [6.45, 7) is 23.4. The average Bonchev–Trinajstić information content (AvgIpc) is 3.82. The molecule has 2 aliphatic heterocycles. The minimum atomic E-state index is -3.12. The highest BCUT2D eigenvalue weighted by Gasteiger charge is 2.70. The van der Waals surface area contributed by atoms with Crippen LogP contribution in [0.3, 0.4) is 0 Å². The molecule has 5 aliphatic carbocycles. The van der Waals surface area contributed by atoms with Gasteiger partial charge < -0.3 is 10.1 Å². The van der Waals surface area contributed by atoms with E-state index in [9.17, 15) is 13.2 Å². The average molecular weight is 760 g/mol. The summed E-state index contributed by atoms with van der Waals surface area (Å²) in [4.78, 5) is 14.8. The quantitative estimate of drug-likeness (QED) is 0.201. The van der Waals surface area contributed by atoms with Crippen molar-refractivity contribution in [2.75, 3.05) is 39.5 Å². The maximum Gasteiger partial charge on any atom is 0.337 e. The number of esters is 1. The Morgan fingerprint density at radius 2 is 1.67 bits per heavy atom. The van der Waals surface area contributed by atoms with E-state index in [4.69, 9.17) is 4.74 Å². The summed E-state index contributed by atoms with van der Waals surface area (Å²) in [5.41, 5.74) is 5.73. The lowest BCUT2D eigenvalue weighted by atomic mass is 9.33. The molecule has 4 saturated carbocycles. The van der Waals surface area contributed by atoms with Crippen molar-refractivity contribution in [3.63, 3.8) is 0 Å². The molecule has 0 spiro atoms. The van der Waals surface area contributed by atoms with E-state index < -0.39 is 10.0 Å². The Balaban J connectivity index is 1.03. The van der Waals surface area contributed by atoms with E-state index in [2.05, 4.69) is 76.5 Å². The second-order valence-corrected chi connectivity index (χ2v) is 22.7. The van der Waals surface area contributed by atoms with Gasteiger partial charge in [-0.1, -0.05) is 58.4 Å². The van der Waals surface area contributed by atoms with E-state index in [0.717, 1.165) is 38.9 Å². The van der Waals surface area contributed by atoms with Crippen molar-refractivity contribution < 1.29 is 17.9 Å². The second-order valence-electron chi connectivity index (χ2n) is 20.7. The molecule has 2 bridgehead atoms. The number of carbonyl (C=O) groups excluding carboxylic acids is 1. The fraction of sp³-hybridized carbons (Fsp3) is 0.761. The van der Waals surface area contributed by atoms with Crippen LogP contribution < -0.4 is 5.32 Å². The first kappa shape index (κ1) is 38.9. The fourth-order valence-electron chi connectivity index (χ4n) is 15.6. The maximum absolute atomic E-state index is 12.3. The number of sulfonamides is 1. The first-order chi connectivity index (χ1) is 25.4. The number of carbonyl (C=O) groups is 1. The molecule has 298 valence electrons. The molecule has 0 amide bonds. The third-order valence-corrected chi connectivity index (χ3v) is 19.3. The molecule has 54 heavy (non-hydrogen) atoms. The molecule has 8 rings (SSSR count). The molecule has 7 aliphatic rings. The van der Waals surface area contributed by atoms with Crippen LogP contribution in [-0.4, -0.2) is 80.8 Å². The van der Waals surface area contributed by atoms with Crippen molar-refractivity contribution >= 4 is 21.6 Å². The Kier molecular flexibility index (Phi) is 9.55. The standard InChI is InChI=1S/C46H69N3O4S/c1-30(2)26-33-16-21-46(47-24-25-48-28-35-27-34(48)29-49(35)54(9,51)52)23-22-44(6)37(40(33)46)14-15-39-43(5)19-17-36(31-10-12-32(13-11-31)41(50)53-8)42(3,4)38(43)18-20-45(39,44)7/h10-13,17,33-35,37-40,47H,1,14-16,18-29H2,2-9H3/t33-,34?,35-,37+,38?,39?,40?,43-,44+,45+,46-/m0/s1. The van der Waals surface area contributed by atoms with Gasteiger partial charge in [-0.05, 0) is 152 Å². The smallest absolute Gasteiger partial charge is 0.337 e. The molecule has 7 nitrogen and oxygen atoms in total. The summed E-state index contributed by atoms with van der Waals surface area (Å²) in [5, 5.41) is 4.32. The zero-order valence-corrected chi connectivity index (χ0v) is 35.5. The maximum atomic E-state index is 12.3. The first-order valence-electron chi connectivity index (χ1n) is 21.4. The van der Waals surface area contributed by atoms with Gasteiger partial charge in [-0.3, -0.25) is 4.90 Å². The normalized spacial score (nSPS) is 42.7. The number of rotatable bonds is 9. The number of hydrogen-bond donors (Lipinski definition) is 1. The lowest BCUT2D eigenvalue weighted by molar-refractivity contribution is -0.220. The highest BCUT2D eigenvalue weighted by molar-refractivity contribution is 7.88. The van der Waals surface area contributed by atoms with Gasteiger partial charge in [0.25, 0.3) is 0 Å². The lowest BCUT2D eigenvalue weighted by Gasteiger charge is -2.72. The number of methoxy groups -OCH3 is 1. The van der Waals surface area contributed by atoms with Crippen molar-refractivity contribution in [2.45, 2.75) is 130 Å². The van der Waals surface area contributed by atoms with Crippen LogP contribution in [0, 0.1) is 51.2 Å². The van der Waals surface area contributed by atoms with Crippen molar-refractivity contribution in [1.29, 1.82) is 0 Å². The summed E-state index contributed by atoms with van der Waals surface area (Å²) < 4.78 is 31.4. The molecular weight excluding hydrogens is 691 g/mol. The third-order valence-electron chi connectivity index (χ3n) is 18.0. The van der Waals surface area contributed by atoms with Gasteiger partial charge in [0.1, 0.15) is 0 Å². The van der Waals surface area contributed by atoms with Crippen molar-refractivity contribution in [3.05, 3.63) is 53.6 Å². The number of allylic oxidation sites excluding steroid dienone is 3. The van der Waals surface area contributed by atoms with Gasteiger partial charge in [0.2, 0.25) is 10.0 Å². The van der Waals surface area contributed by atoms with Gasteiger partial charge in [-0.15, -0.1) is 6.58 Å². The molecule has 0 aromatic heterocycles. The zero-order chi connectivity index (χ0) is 38.6. The number of ether oxygens (including phenoxy) is 1. The molecule has 1 aromatic rings. The molecule has 2 saturated heterocycles. The summed E-state index contributed by atoms with van der Waals surface area (Å²) in [6.07, 6.45) is 17.6. The Morgan fingerprint density at radius 3 is 2.31 bits per heavy atom. The molecule has 1 aromatic carbocycles. The Hall–Kier alpha value is -2.00. The largest absolute Gasteiger partial charge is 0.465 e. The van der Waals surface area contributed by atoms with E-state index in [1.807, 2.05) is 12.1 Å². The monoisotopic (exact) mass is 760 g/mol. The van der Waals surface area contributed by atoms with E-state index in [1.54, 1.807) is 4.31 Å². The molecule has 2 heterocycles. The van der Waals surface area contributed by atoms with Crippen LogP contribution in [0.2, 0.25) is 0 Å². The van der Waals surface area contributed by atoms with E-state index in [1.165, 1.54) is 81.4 Å². The van der Waals surface area contributed by atoms with Gasteiger partial charge >= 0.3 is 5.97 Å². The molecule has 6 fully saturated rings. The van der Waals surface area contributed by atoms with Crippen LogP contribution in [0.25, 0.3) is 5.57 Å². The van der Waals surface area contributed by atoms with Gasteiger partial charge in [-0.25, -0.2) is 13.2 Å². The van der Waals surface area contributed by atoms with Crippen molar-refractivity contribution in [2.24, 2.45) is 51.2 Å². The van der Waals surface area contributed by atoms with Gasteiger partial charge in [0.15, 0.2) is 0 Å². The fourth-order valence-corrected chi connectivity index (χ4v) is 16.7. The Morgan fingerprint density at radius 1 is 0.926 bits per heavy atom. The predicted octanol–water partition coefficient (Wildman–Crippen LogP) is 8.57. The topological polar surface area (TPSA) is 79.0 Å². The molecule has 0 radical (unpaired) electrons. The number of fused-ring (bicyclic) bond motifs is 9. The Bertz CT molecular complexity index is 1810. The summed E-state index contributed by atoms with van der Waals surface area (Å²) in [6, 6.07) is 8.64. The van der Waals surface area contributed by atoms with Crippen LogP contribution in [-0.2, 0) is 14.8 Å². The van der Waals surface area contributed by atoms with Gasteiger partial charge in [-0.2, -0.15) is 4.31 Å². The van der Waals surface area contributed by atoms with Crippen LogP contribution in [0.4, 0.5) is 0 Å². The molecule has 1 N–H and O–H groups in total. The molecule has 4 unspecified atom stereocenters. The lowest BCUT2D eigenvalue weighted by Crippen LogP contribution is -2.68. The van der Waals surface area contributed by atoms with E-state index >= 15 is 0 Å². The molecule has 8 heteroatoms. The zero-order valence-electron chi connectivity index (χ0n) is 34.7. The predicted molar refractivity (Wildman–Crippen MR) is 218 cm³/mol. The SMILES string of the molecule is C=C(C)C[C@@H]1CC[C@]2(NCCN3C[C@@H]4CC3CN4S(C)(=O)=O)CC[C@]3(C)[C@H](CCC4[C@@]5(C)CC=C(c6ccc(C(=O)OC)cc6)C(C)(C)C5CC[C@]43C)C12. The van der Waals surface area contributed by atoms with Crippen LogP contribution in [0.1, 0.15) is 128 Å². The van der Waals surface area contributed by atoms with Gasteiger partial charge in [0.05, 0.1) is 18.9 Å². The summed E-state index contributed by atoms with van der Waals surface area (Å²) in [5.74, 6) is 3.12. The van der Waals surface area contributed by atoms with Crippen LogP contribution in [0.5, 0.6) is 0 Å². The Labute approximate surface area is 327 Å². The number of benzene rings is 1. The van der Waals surface area contributed by atoms with Gasteiger partial charge in [0, 0.05) is 43.8 Å². The number of hydrogen-bond acceptors (Lipinski definition) is 6. The third kappa shape index (κ3) is 5.79. The van der Waals surface area contributed by atoms with Crippen LogP contribution >= 0.6 is 0 Å². The second kappa shape index (κ2) is 13.3. The number of nitrogens with one attached hydrogen (secondary N) is 1. The summed E-state index contributed by atoms with van der Waals surface area (Å²) >= 11 is 0. The van der Waals surface area contributed by atoms with Crippen molar-refractivity contribution in [3.8, 4) is 0 Å². The first-order valence-corrected chi connectivity index (χ1v) is 23.2. The van der Waals surface area contributed by atoms with Crippen LogP contribution in [0.15, 0.2) is 42.5 Å². The minimum absolute atomic E-state index is 0.0421. The highest BCUT2D eigenvalue weighted by atomic mass is 32.2. The number of likely N-dealkylation sites (tertiary alicyclic amines) is 1.